The van der Waals surface area contributed by atoms with Crippen LogP contribution in [-0.4, -0.2) is 95.1 Å². The van der Waals surface area contributed by atoms with Crippen molar-refractivity contribution in [2.24, 2.45) is 88.8 Å². The molecular weight excluding hydrogens is 1210 g/mol. The Kier molecular flexibility index (Phi) is 113. The molecule has 0 aromatic carbocycles. The fourth-order valence-electron chi connectivity index (χ4n) is 12.7. The summed E-state index contributed by atoms with van der Waals surface area (Å²) in [6.07, 6.45) is 33.8. The molecule has 0 aromatic heterocycles. The van der Waals surface area contributed by atoms with E-state index in [-0.39, 0.29) is 6.29 Å². The number of hydrogen-bond acceptors (Lipinski definition) is 7. The molecule has 0 amide bonds. The minimum atomic E-state index is 0.0648. The first-order valence-corrected chi connectivity index (χ1v) is 45.2. The zero-order valence-electron chi connectivity index (χ0n) is 77.4. The van der Waals surface area contributed by atoms with Crippen LogP contribution in [-0.2, 0) is 18.9 Å². The third-order valence-electron chi connectivity index (χ3n) is 19.7. The van der Waals surface area contributed by atoms with Crippen molar-refractivity contribution in [3.8, 4) is 0 Å². The summed E-state index contributed by atoms with van der Waals surface area (Å²) >= 11 is 0. The van der Waals surface area contributed by atoms with Crippen molar-refractivity contribution in [1.82, 2.24) is 15.5 Å². The van der Waals surface area contributed by atoms with Crippen molar-refractivity contribution >= 4 is 0 Å². The van der Waals surface area contributed by atoms with Crippen LogP contribution in [0.1, 0.15) is 425 Å². The van der Waals surface area contributed by atoms with Gasteiger partial charge in [0.2, 0.25) is 0 Å². The first-order chi connectivity index (χ1) is 47.5. The first kappa shape index (κ1) is 120. The Morgan fingerprint density at radius 1 is 0.273 bits per heavy atom. The molecule has 2 N–H and O–H groups in total. The maximum atomic E-state index is 5.41. The molecule has 0 aromatic rings. The van der Waals surface area contributed by atoms with Gasteiger partial charge in [-0.2, -0.15) is 0 Å². The highest BCUT2D eigenvalue weighted by atomic mass is 16.7. The van der Waals surface area contributed by atoms with Crippen LogP contribution < -0.4 is 10.6 Å². The molecular formula is C92H207N3O4. The Balaban J connectivity index is -0.000000108. The van der Waals surface area contributed by atoms with Crippen LogP contribution in [0.2, 0.25) is 0 Å². The SMILES string of the molecule is CC.CC.CC.CC.CC.CC.CC.CC.CC.CC.CC(C)C1CCC1.CC(C)C1CCCC1.CC(C)C1CCCC1.CC(C)C1CCCC1.CC(C)C1CCCN1.CC(C)C1CCCO1.CC(C)C1CCNC1.CC(C)C1CCOC1.CC(C)C1OCCO1.CC(C)N1CCCC1. The smallest absolute Gasteiger partial charge is 0.160 e. The van der Waals surface area contributed by atoms with E-state index < -0.39 is 0 Å². The van der Waals surface area contributed by atoms with Crippen LogP contribution in [0.4, 0.5) is 0 Å². The second-order valence-corrected chi connectivity index (χ2v) is 29.6. The summed E-state index contributed by atoms with van der Waals surface area (Å²) in [4.78, 5) is 2.53. The van der Waals surface area contributed by atoms with Gasteiger partial charge in [0, 0.05) is 37.8 Å². The topological polar surface area (TPSA) is 64.2 Å². The zero-order valence-corrected chi connectivity index (χ0v) is 77.4. The van der Waals surface area contributed by atoms with Crippen LogP contribution in [0.3, 0.4) is 0 Å². The van der Waals surface area contributed by atoms with Gasteiger partial charge >= 0.3 is 0 Å². The van der Waals surface area contributed by atoms with Gasteiger partial charge in [-0.05, 0) is 181 Å². The van der Waals surface area contributed by atoms with Crippen molar-refractivity contribution in [2.45, 2.75) is 449 Å². The standard InChI is InChI=1S/3C8H16.3C7H15N.2C7H14O.C7H14.C6H12O2.10C2H6/c3*1-7(2)8-5-3-4-6-8;1-6(2)7-3-4-8-5-7;1-7(2)8-5-3-4-6-8;1-6(2)7-4-3-5-8-7;1-6(2)7-3-4-8-5-7;1-6(2)7-4-3-5-8-7;1-6(2)7-4-3-5-7;1-5(2)6-7-3-4-8-6;10*1-2/h3*7-8H,3-6H2,1-2H3;6-8H,3-5H2,1-2H3;7H,3-6H2,1-2H3;6-8H,3-5H2,1-2H3;2*6-7H,3-5H2,1-2H3;6-7H,3-5H2,1-2H3;5-6H,3-4H2,1-2H3;10*1-2H3. The van der Waals surface area contributed by atoms with E-state index >= 15 is 0 Å². The van der Waals surface area contributed by atoms with Gasteiger partial charge in [0.25, 0.3) is 0 Å². The lowest BCUT2D eigenvalue weighted by Gasteiger charge is -2.28. The molecule has 0 radical (unpaired) electrons. The van der Waals surface area contributed by atoms with Gasteiger partial charge in [-0.15, -0.1) is 0 Å². The molecule has 10 fully saturated rings. The predicted octanol–water partition coefficient (Wildman–Crippen LogP) is 29.9. The molecule has 99 heavy (non-hydrogen) atoms. The Hall–Kier alpha value is -0.280. The van der Waals surface area contributed by atoms with Gasteiger partial charge in [0.15, 0.2) is 6.29 Å². The fraction of sp³-hybridized carbons (Fsp3) is 1.00. The molecule has 6 heterocycles. The molecule has 6 saturated heterocycles. The second kappa shape index (κ2) is 93.8. The van der Waals surface area contributed by atoms with E-state index in [0.29, 0.717) is 12.0 Å². The molecule has 0 spiro atoms. The van der Waals surface area contributed by atoms with E-state index in [1.54, 1.807) is 0 Å². The van der Waals surface area contributed by atoms with Crippen molar-refractivity contribution in [2.75, 3.05) is 65.8 Å². The summed E-state index contributed by atoms with van der Waals surface area (Å²) in [5.74, 6) is 13.6. The number of ether oxygens (including phenoxy) is 4. The molecule has 10 aliphatic rings. The highest BCUT2D eigenvalue weighted by Crippen LogP contribution is 2.34. The quantitative estimate of drug-likeness (QED) is 0.226. The van der Waals surface area contributed by atoms with Crippen LogP contribution >= 0.6 is 0 Å². The second-order valence-electron chi connectivity index (χ2n) is 29.6. The number of hydrogen-bond donors (Lipinski definition) is 2. The lowest BCUT2D eigenvalue weighted by atomic mass is 9.78. The molecule has 4 aliphatic carbocycles. The Morgan fingerprint density at radius 3 is 0.768 bits per heavy atom. The van der Waals surface area contributed by atoms with Crippen LogP contribution in [0, 0.1) is 88.8 Å². The van der Waals surface area contributed by atoms with Crippen molar-refractivity contribution < 1.29 is 18.9 Å². The Bertz CT molecular complexity index is 993. The Morgan fingerprint density at radius 2 is 0.626 bits per heavy atom. The van der Waals surface area contributed by atoms with Crippen LogP contribution in [0.25, 0.3) is 0 Å². The number of rotatable bonds is 10. The van der Waals surface area contributed by atoms with E-state index in [4.69, 9.17) is 18.9 Å². The van der Waals surface area contributed by atoms with E-state index in [1.165, 1.54) is 180 Å². The van der Waals surface area contributed by atoms with Gasteiger partial charge in [0.1, 0.15) is 0 Å². The van der Waals surface area contributed by atoms with Crippen LogP contribution in [0.15, 0.2) is 0 Å². The van der Waals surface area contributed by atoms with E-state index in [2.05, 4.69) is 154 Å². The minimum Gasteiger partial charge on any atom is -0.381 e. The summed E-state index contributed by atoms with van der Waals surface area (Å²) in [5.41, 5.74) is 0. The summed E-state index contributed by atoms with van der Waals surface area (Å²) < 4.78 is 21.0. The average molecular weight is 1420 g/mol. The van der Waals surface area contributed by atoms with Crippen molar-refractivity contribution in [1.29, 1.82) is 0 Å². The van der Waals surface area contributed by atoms with Gasteiger partial charge in [-0.25, -0.2) is 0 Å². The monoisotopic (exact) mass is 1420 g/mol. The van der Waals surface area contributed by atoms with Gasteiger partial charge < -0.3 is 34.5 Å². The molecule has 10 rings (SSSR count). The maximum Gasteiger partial charge on any atom is 0.160 e. The minimum absolute atomic E-state index is 0.0648. The molecule has 4 atom stereocenters. The molecule has 4 saturated carbocycles. The number of nitrogens with zero attached hydrogens (tertiary/aromatic N) is 1. The number of likely N-dealkylation sites (tertiary alicyclic amines) is 1. The largest absolute Gasteiger partial charge is 0.381 e. The summed E-state index contributed by atoms with van der Waals surface area (Å²) in [6.45, 7) is 96.5. The first-order valence-electron chi connectivity index (χ1n) is 45.2. The Labute approximate surface area is 634 Å². The molecule has 6 aliphatic heterocycles. The average Bonchev–Trinajstić information content (AvgIpc) is 1.87. The van der Waals surface area contributed by atoms with E-state index in [0.717, 1.165) is 128 Å². The lowest BCUT2D eigenvalue weighted by Crippen LogP contribution is -2.26. The highest BCUT2D eigenvalue weighted by Gasteiger charge is 2.24. The molecule has 7 heteroatoms. The van der Waals surface area contributed by atoms with Crippen LogP contribution in [0.5, 0.6) is 0 Å². The molecule has 7 nitrogen and oxygen atoms in total. The van der Waals surface area contributed by atoms with E-state index in [1.807, 2.05) is 138 Å². The summed E-state index contributed by atoms with van der Waals surface area (Å²) in [5, 5.41) is 6.81. The molecule has 0 bridgehead atoms. The summed E-state index contributed by atoms with van der Waals surface area (Å²) in [6, 6.07) is 1.59. The molecule has 4 unspecified atom stereocenters. The normalized spacial score (nSPS) is 21.0. The highest BCUT2D eigenvalue weighted by molar-refractivity contribution is 4.77. The third kappa shape index (κ3) is 75.7. The van der Waals surface area contributed by atoms with Crippen molar-refractivity contribution in [3.63, 3.8) is 0 Å². The lowest BCUT2D eigenvalue weighted by molar-refractivity contribution is -0.0732. The predicted molar refractivity (Wildman–Crippen MR) is 462 cm³/mol. The summed E-state index contributed by atoms with van der Waals surface area (Å²) in [7, 11) is 0. The fourth-order valence-corrected chi connectivity index (χ4v) is 12.7. The maximum absolute atomic E-state index is 5.41. The van der Waals surface area contributed by atoms with Gasteiger partial charge in [0.05, 0.1) is 19.3 Å². The third-order valence-corrected chi connectivity index (χ3v) is 19.7. The van der Waals surface area contributed by atoms with Gasteiger partial charge in [-0.3, -0.25) is 0 Å². The zero-order chi connectivity index (χ0) is 79.1. The number of nitrogens with one attached hydrogen (secondary N) is 2. The van der Waals surface area contributed by atoms with Crippen molar-refractivity contribution in [3.05, 3.63) is 0 Å². The molecule has 614 valence electrons. The van der Waals surface area contributed by atoms with Gasteiger partial charge in [-0.1, -0.05) is 359 Å². The van der Waals surface area contributed by atoms with E-state index in [9.17, 15) is 0 Å².